The molecule has 9 heteroatoms. The van der Waals surface area contributed by atoms with Crippen LogP contribution in [0.2, 0.25) is 0 Å². The third-order valence-electron chi connectivity index (χ3n) is 4.80. The zero-order chi connectivity index (χ0) is 21.7. The summed E-state index contributed by atoms with van der Waals surface area (Å²) in [5, 5.41) is 9.02. The van der Waals surface area contributed by atoms with E-state index in [4.69, 9.17) is 10.2 Å². The van der Waals surface area contributed by atoms with Crippen molar-refractivity contribution in [3.63, 3.8) is 0 Å². The maximum atomic E-state index is 12.9. The highest BCUT2D eigenvalue weighted by Crippen LogP contribution is 2.23. The minimum absolute atomic E-state index is 0.0228. The largest absolute Gasteiger partial charge is 0.467 e. The van der Waals surface area contributed by atoms with E-state index in [0.717, 1.165) is 17.1 Å². The van der Waals surface area contributed by atoms with Crippen LogP contribution in [0.5, 0.6) is 0 Å². The van der Waals surface area contributed by atoms with Crippen LogP contribution in [-0.4, -0.2) is 36.8 Å². The Morgan fingerprint density at radius 1 is 1.30 bits per heavy atom. The van der Waals surface area contributed by atoms with Crippen LogP contribution >= 0.6 is 11.8 Å². The fourth-order valence-electron chi connectivity index (χ4n) is 3.26. The summed E-state index contributed by atoms with van der Waals surface area (Å²) in [4.78, 5) is 24.0. The smallest absolute Gasteiger partial charge is 0.217 e. The number of Topliss-reactive ketones (excluding diaryl/α,β-unsaturated/α-hetero) is 1. The number of aromatic nitrogens is 4. The molecule has 3 aromatic heterocycles. The van der Waals surface area contributed by atoms with E-state index in [9.17, 15) is 9.59 Å². The van der Waals surface area contributed by atoms with E-state index < -0.39 is 5.91 Å². The van der Waals surface area contributed by atoms with Gasteiger partial charge in [-0.3, -0.25) is 14.2 Å². The third-order valence-corrected chi connectivity index (χ3v) is 5.77. The molecule has 0 aromatic carbocycles. The van der Waals surface area contributed by atoms with Gasteiger partial charge in [-0.1, -0.05) is 17.8 Å². The van der Waals surface area contributed by atoms with Crippen LogP contribution in [0.15, 0.2) is 46.7 Å². The number of allylic oxidation sites excluding steroid dienone is 1. The molecular weight excluding hydrogens is 402 g/mol. The molecule has 0 bridgehead atoms. The van der Waals surface area contributed by atoms with Crippen LogP contribution in [0, 0.1) is 13.8 Å². The molecule has 0 atom stereocenters. The first-order chi connectivity index (χ1) is 14.4. The normalized spacial score (nSPS) is 11.0. The molecule has 3 aromatic rings. The first-order valence-electron chi connectivity index (χ1n) is 9.57. The first-order valence-corrected chi connectivity index (χ1v) is 10.6. The van der Waals surface area contributed by atoms with E-state index in [1.54, 1.807) is 12.3 Å². The molecule has 3 rings (SSSR count). The van der Waals surface area contributed by atoms with Crippen molar-refractivity contribution in [2.75, 3.05) is 5.75 Å². The summed E-state index contributed by atoms with van der Waals surface area (Å²) in [7, 11) is 0. The fourth-order valence-corrected chi connectivity index (χ4v) is 4.10. The van der Waals surface area contributed by atoms with Gasteiger partial charge in [0.05, 0.1) is 18.6 Å². The van der Waals surface area contributed by atoms with Crippen molar-refractivity contribution < 1.29 is 14.0 Å². The third kappa shape index (κ3) is 4.91. The van der Waals surface area contributed by atoms with Crippen LogP contribution in [0.1, 0.15) is 39.8 Å². The Hall–Kier alpha value is -3.07. The minimum atomic E-state index is -0.401. The molecule has 158 valence electrons. The number of nitrogens with zero attached hydrogens (tertiary/aromatic N) is 4. The molecule has 0 aliphatic rings. The van der Waals surface area contributed by atoms with Crippen molar-refractivity contribution in [1.29, 1.82) is 0 Å². The molecule has 0 radical (unpaired) electrons. The summed E-state index contributed by atoms with van der Waals surface area (Å²) < 4.78 is 9.36. The Balaban J connectivity index is 1.77. The number of amides is 1. The molecule has 1 amide bonds. The molecular formula is C21H25N5O3S. The van der Waals surface area contributed by atoms with Crippen molar-refractivity contribution in [2.24, 2.45) is 5.73 Å². The Labute approximate surface area is 179 Å². The Bertz CT molecular complexity index is 1050. The average Bonchev–Trinajstić information content (AvgIpc) is 3.42. The van der Waals surface area contributed by atoms with E-state index in [2.05, 4.69) is 21.3 Å². The van der Waals surface area contributed by atoms with Gasteiger partial charge in [-0.2, -0.15) is 0 Å². The fraction of sp³-hybridized carbons (Fsp3) is 0.333. The Kier molecular flexibility index (Phi) is 6.94. The second-order valence-corrected chi connectivity index (χ2v) is 7.87. The average molecular weight is 428 g/mol. The van der Waals surface area contributed by atoms with Gasteiger partial charge in [0.15, 0.2) is 10.9 Å². The van der Waals surface area contributed by atoms with Gasteiger partial charge in [0.2, 0.25) is 5.91 Å². The highest BCUT2D eigenvalue weighted by molar-refractivity contribution is 7.99. The number of primary amides is 1. The Morgan fingerprint density at radius 2 is 2.10 bits per heavy atom. The number of nitrogens with two attached hydrogens (primary N) is 1. The molecule has 30 heavy (non-hydrogen) atoms. The second-order valence-electron chi connectivity index (χ2n) is 6.93. The molecule has 0 fully saturated rings. The SMILES string of the molecule is C=CCn1c(C)cc(C(=O)CSc2nnc(CCC(N)=O)n2Cc2ccco2)c1C. The van der Waals surface area contributed by atoms with Crippen LogP contribution in [0.4, 0.5) is 0 Å². The summed E-state index contributed by atoms with van der Waals surface area (Å²) >= 11 is 1.32. The maximum Gasteiger partial charge on any atom is 0.217 e. The van der Waals surface area contributed by atoms with Gasteiger partial charge in [0.1, 0.15) is 11.6 Å². The zero-order valence-electron chi connectivity index (χ0n) is 17.1. The summed E-state index contributed by atoms with van der Waals surface area (Å²) in [5.41, 5.74) is 7.93. The number of carbonyl (C=O) groups excluding carboxylic acids is 2. The Morgan fingerprint density at radius 3 is 2.77 bits per heavy atom. The molecule has 0 saturated heterocycles. The molecule has 0 aliphatic carbocycles. The van der Waals surface area contributed by atoms with Gasteiger partial charge in [0.25, 0.3) is 0 Å². The topological polar surface area (TPSA) is 109 Å². The van der Waals surface area contributed by atoms with Crippen molar-refractivity contribution in [3.05, 3.63) is 65.7 Å². The number of thioether (sulfide) groups is 1. The van der Waals surface area contributed by atoms with Crippen molar-refractivity contribution >= 4 is 23.5 Å². The number of furan rings is 1. The lowest BCUT2D eigenvalue weighted by Crippen LogP contribution is -2.14. The number of ketones is 1. The van der Waals surface area contributed by atoms with Gasteiger partial charge in [0, 0.05) is 36.3 Å². The quantitative estimate of drug-likeness (QED) is 0.286. The number of hydrogen-bond acceptors (Lipinski definition) is 6. The summed E-state index contributed by atoms with van der Waals surface area (Å²) in [6.45, 7) is 8.77. The van der Waals surface area contributed by atoms with Crippen molar-refractivity contribution in [3.8, 4) is 0 Å². The van der Waals surface area contributed by atoms with E-state index in [-0.39, 0.29) is 18.0 Å². The van der Waals surface area contributed by atoms with Crippen molar-refractivity contribution in [2.45, 2.75) is 44.9 Å². The lowest BCUT2D eigenvalue weighted by atomic mass is 10.2. The highest BCUT2D eigenvalue weighted by Gasteiger charge is 2.19. The van der Waals surface area contributed by atoms with Crippen molar-refractivity contribution in [1.82, 2.24) is 19.3 Å². The van der Waals surface area contributed by atoms with Crippen LogP contribution < -0.4 is 5.73 Å². The van der Waals surface area contributed by atoms with E-state index in [0.29, 0.717) is 36.1 Å². The lowest BCUT2D eigenvalue weighted by molar-refractivity contribution is -0.118. The zero-order valence-corrected chi connectivity index (χ0v) is 17.9. The second kappa shape index (κ2) is 9.62. The molecule has 8 nitrogen and oxygen atoms in total. The monoisotopic (exact) mass is 427 g/mol. The van der Waals surface area contributed by atoms with Gasteiger partial charge in [-0.15, -0.1) is 16.8 Å². The first kappa shape index (κ1) is 21.6. The van der Waals surface area contributed by atoms with E-state index in [1.165, 1.54) is 11.8 Å². The predicted molar refractivity (Wildman–Crippen MR) is 115 cm³/mol. The number of rotatable bonds is 11. The van der Waals surface area contributed by atoms with E-state index in [1.807, 2.05) is 36.6 Å². The maximum absolute atomic E-state index is 12.9. The molecule has 2 N–H and O–H groups in total. The molecule has 0 saturated carbocycles. The lowest BCUT2D eigenvalue weighted by Gasteiger charge is -2.08. The number of carbonyl (C=O) groups is 2. The number of hydrogen-bond donors (Lipinski definition) is 1. The molecule has 3 heterocycles. The van der Waals surface area contributed by atoms with Gasteiger partial charge >= 0.3 is 0 Å². The van der Waals surface area contributed by atoms with Gasteiger partial charge < -0.3 is 14.7 Å². The summed E-state index contributed by atoms with van der Waals surface area (Å²) in [6.07, 6.45) is 3.96. The van der Waals surface area contributed by atoms with Crippen LogP contribution in [-0.2, 0) is 24.3 Å². The molecule has 0 unspecified atom stereocenters. The summed E-state index contributed by atoms with van der Waals surface area (Å²) in [6, 6.07) is 5.57. The van der Waals surface area contributed by atoms with Crippen LogP contribution in [0.25, 0.3) is 0 Å². The highest BCUT2D eigenvalue weighted by atomic mass is 32.2. The standard InChI is InChI=1S/C21H25N5O3S/c1-4-9-25-14(2)11-17(15(25)3)18(27)13-30-21-24-23-20(8-7-19(22)28)26(21)12-16-6-5-10-29-16/h4-6,10-11H,1,7-9,12-13H2,2-3H3,(H2,22,28). The number of aryl methyl sites for hydroxylation is 2. The van der Waals surface area contributed by atoms with Gasteiger partial charge in [-0.25, -0.2) is 0 Å². The minimum Gasteiger partial charge on any atom is -0.467 e. The van der Waals surface area contributed by atoms with Gasteiger partial charge in [-0.05, 0) is 32.0 Å². The summed E-state index contributed by atoms with van der Waals surface area (Å²) in [5.74, 6) is 1.21. The molecule has 0 spiro atoms. The van der Waals surface area contributed by atoms with E-state index >= 15 is 0 Å². The van der Waals surface area contributed by atoms with Crippen LogP contribution in [0.3, 0.4) is 0 Å². The predicted octanol–water partition coefficient (Wildman–Crippen LogP) is 2.92. The molecule has 0 aliphatic heterocycles.